The number of hydrogen-bond donors (Lipinski definition) is 2. The molecule has 1 aliphatic rings. The number of aromatic nitrogens is 5. The number of likely N-dealkylation sites (tertiary alicyclic amines) is 1. The van der Waals surface area contributed by atoms with Crippen molar-refractivity contribution in [2.75, 3.05) is 25.5 Å². The molecule has 4 aromatic rings. The molecule has 10 heteroatoms. The van der Waals surface area contributed by atoms with Gasteiger partial charge < -0.3 is 10.6 Å². The third-order valence-electron chi connectivity index (χ3n) is 6.38. The highest BCUT2D eigenvalue weighted by molar-refractivity contribution is 6.04. The summed E-state index contributed by atoms with van der Waals surface area (Å²) in [6.07, 6.45) is 9.13. The molecule has 0 saturated carbocycles. The van der Waals surface area contributed by atoms with Gasteiger partial charge in [-0.15, -0.1) is 0 Å². The number of benzene rings is 1. The summed E-state index contributed by atoms with van der Waals surface area (Å²) in [6, 6.07) is 7.92. The molecule has 5 rings (SSSR count). The summed E-state index contributed by atoms with van der Waals surface area (Å²) in [4.78, 5) is 39.2. The molecule has 0 unspecified atom stereocenters. The fraction of sp³-hybridized carbons (Fsp3) is 0.280. The lowest BCUT2D eigenvalue weighted by Gasteiger charge is -2.28. The summed E-state index contributed by atoms with van der Waals surface area (Å²) in [6.45, 7) is 3.82. The van der Waals surface area contributed by atoms with Crippen LogP contribution in [0.5, 0.6) is 0 Å². The first-order valence-electron chi connectivity index (χ1n) is 11.4. The van der Waals surface area contributed by atoms with Crippen LogP contribution >= 0.6 is 0 Å². The molecular formula is C25H26N8O2. The Morgan fingerprint density at radius 1 is 1.06 bits per heavy atom. The van der Waals surface area contributed by atoms with Crippen molar-refractivity contribution in [2.45, 2.75) is 25.8 Å². The van der Waals surface area contributed by atoms with Crippen LogP contribution in [0.4, 0.5) is 5.95 Å². The van der Waals surface area contributed by atoms with Gasteiger partial charge in [-0.1, -0.05) is 12.1 Å². The van der Waals surface area contributed by atoms with Crippen LogP contribution in [-0.4, -0.2) is 61.6 Å². The van der Waals surface area contributed by atoms with E-state index in [-0.39, 0.29) is 17.2 Å². The number of carbonyl (C=O) groups is 2. The van der Waals surface area contributed by atoms with E-state index in [1.807, 2.05) is 24.4 Å². The van der Waals surface area contributed by atoms with Gasteiger partial charge in [0.25, 0.3) is 11.8 Å². The highest BCUT2D eigenvalue weighted by Crippen LogP contribution is 2.27. The zero-order valence-electron chi connectivity index (χ0n) is 19.6. The first-order valence-corrected chi connectivity index (χ1v) is 11.4. The van der Waals surface area contributed by atoms with Gasteiger partial charge in [-0.2, -0.15) is 5.10 Å². The predicted molar refractivity (Wildman–Crippen MR) is 132 cm³/mol. The van der Waals surface area contributed by atoms with E-state index in [0.717, 1.165) is 42.4 Å². The molecule has 4 heterocycles. The first kappa shape index (κ1) is 22.6. The average molecular weight is 471 g/mol. The maximum Gasteiger partial charge on any atom is 0.267 e. The first-order chi connectivity index (χ1) is 16.9. The van der Waals surface area contributed by atoms with Gasteiger partial charge in [-0.3, -0.25) is 19.6 Å². The van der Waals surface area contributed by atoms with Gasteiger partial charge >= 0.3 is 0 Å². The number of nitrogens with one attached hydrogen (secondary N) is 1. The van der Waals surface area contributed by atoms with Gasteiger partial charge in [0.15, 0.2) is 0 Å². The molecule has 178 valence electrons. The van der Waals surface area contributed by atoms with Crippen LogP contribution in [0.15, 0.2) is 49.1 Å². The Bertz CT molecular complexity index is 1420. The number of primary amides is 1. The molecule has 0 bridgehead atoms. The average Bonchev–Trinajstić information content (AvgIpc) is 3.34. The van der Waals surface area contributed by atoms with Crippen molar-refractivity contribution in [3.05, 3.63) is 65.9 Å². The number of fused-ring (bicyclic) bond motifs is 1. The molecular weight excluding hydrogens is 444 g/mol. The number of nitrogens with zero attached hydrogens (tertiary/aromatic N) is 6. The number of nitrogens with two attached hydrogens (primary N) is 1. The number of rotatable bonds is 5. The van der Waals surface area contributed by atoms with Gasteiger partial charge in [0, 0.05) is 29.5 Å². The molecule has 2 amide bonds. The summed E-state index contributed by atoms with van der Waals surface area (Å²) in [5.74, 6) is -0.884. The summed E-state index contributed by atoms with van der Waals surface area (Å²) >= 11 is 0. The molecule has 35 heavy (non-hydrogen) atoms. The molecule has 10 nitrogen and oxygen atoms in total. The highest BCUT2D eigenvalue weighted by Gasteiger charge is 2.19. The smallest absolute Gasteiger partial charge is 0.267 e. The van der Waals surface area contributed by atoms with E-state index in [4.69, 9.17) is 5.73 Å². The Morgan fingerprint density at radius 2 is 1.86 bits per heavy atom. The third kappa shape index (κ3) is 4.73. The summed E-state index contributed by atoms with van der Waals surface area (Å²) < 4.78 is 2.07. The zero-order chi connectivity index (χ0) is 24.5. The predicted octanol–water partition coefficient (Wildman–Crippen LogP) is 2.81. The molecule has 0 radical (unpaired) electrons. The third-order valence-corrected chi connectivity index (χ3v) is 6.38. The van der Waals surface area contributed by atoms with Crippen LogP contribution in [0.2, 0.25) is 0 Å². The Hall–Kier alpha value is -4.18. The minimum atomic E-state index is -0.639. The highest BCUT2D eigenvalue weighted by atomic mass is 16.2. The maximum atomic E-state index is 12.7. The standard InChI is InChI=1S/C25H26N8O2/c1-15-9-18(12-27-22(15)23(26)34)24(35)31-25-28-11-17-4-3-16(10-21(17)30-25)19-13-29-33(14-19)20-5-7-32(2)8-6-20/h3-4,9-14,20H,5-8H2,1-2H3,(H2,26,34)(H,28,30,31,35). The van der Waals surface area contributed by atoms with Crippen molar-refractivity contribution in [3.63, 3.8) is 0 Å². The largest absolute Gasteiger partial charge is 0.364 e. The Labute approximate surface area is 202 Å². The summed E-state index contributed by atoms with van der Waals surface area (Å²) in [5, 5.41) is 8.17. The van der Waals surface area contributed by atoms with Crippen molar-refractivity contribution in [1.29, 1.82) is 0 Å². The van der Waals surface area contributed by atoms with Gasteiger partial charge in [-0.25, -0.2) is 15.0 Å². The van der Waals surface area contributed by atoms with Crippen molar-refractivity contribution >= 4 is 28.7 Å². The molecule has 1 fully saturated rings. The van der Waals surface area contributed by atoms with Crippen LogP contribution in [0, 0.1) is 6.92 Å². The second-order valence-electron chi connectivity index (χ2n) is 8.92. The number of piperidine rings is 1. The Balaban J connectivity index is 1.35. The molecule has 1 saturated heterocycles. The Morgan fingerprint density at radius 3 is 2.60 bits per heavy atom. The minimum Gasteiger partial charge on any atom is -0.364 e. The summed E-state index contributed by atoms with van der Waals surface area (Å²) in [5.41, 5.74) is 8.95. The number of amides is 2. The van der Waals surface area contributed by atoms with E-state index in [1.54, 1.807) is 19.2 Å². The molecule has 3 N–H and O–H groups in total. The van der Waals surface area contributed by atoms with E-state index >= 15 is 0 Å². The molecule has 3 aromatic heterocycles. The van der Waals surface area contributed by atoms with Crippen LogP contribution in [0.25, 0.3) is 22.0 Å². The van der Waals surface area contributed by atoms with Crippen LogP contribution in [0.3, 0.4) is 0 Å². The SMILES string of the molecule is Cc1cc(C(=O)Nc2ncc3ccc(-c4cnn(C5CCN(C)CC5)c4)cc3n2)cnc1C(N)=O. The molecule has 1 aromatic carbocycles. The van der Waals surface area contributed by atoms with Crippen LogP contribution in [0.1, 0.15) is 45.3 Å². The Kier molecular flexibility index (Phi) is 5.96. The second-order valence-corrected chi connectivity index (χ2v) is 8.92. The minimum absolute atomic E-state index is 0.134. The fourth-order valence-corrected chi connectivity index (χ4v) is 4.34. The second kappa shape index (κ2) is 9.22. The van der Waals surface area contributed by atoms with Crippen molar-refractivity contribution in [2.24, 2.45) is 5.73 Å². The van der Waals surface area contributed by atoms with Crippen molar-refractivity contribution in [3.8, 4) is 11.1 Å². The zero-order valence-corrected chi connectivity index (χ0v) is 19.6. The maximum absolute atomic E-state index is 12.7. The quantitative estimate of drug-likeness (QED) is 0.458. The number of hydrogen-bond acceptors (Lipinski definition) is 7. The topological polar surface area (TPSA) is 132 Å². The van der Waals surface area contributed by atoms with Crippen LogP contribution in [-0.2, 0) is 0 Å². The van der Waals surface area contributed by atoms with E-state index in [0.29, 0.717) is 17.1 Å². The van der Waals surface area contributed by atoms with E-state index in [1.165, 1.54) is 6.20 Å². The lowest BCUT2D eigenvalue weighted by molar-refractivity contribution is 0.0989. The van der Waals surface area contributed by atoms with Crippen LogP contribution < -0.4 is 11.1 Å². The number of pyridine rings is 1. The lowest BCUT2D eigenvalue weighted by Crippen LogP contribution is -2.31. The van der Waals surface area contributed by atoms with Gasteiger partial charge in [0.2, 0.25) is 5.95 Å². The van der Waals surface area contributed by atoms with Crippen molar-refractivity contribution in [1.82, 2.24) is 29.6 Å². The van der Waals surface area contributed by atoms with E-state index in [2.05, 4.69) is 48.2 Å². The lowest BCUT2D eigenvalue weighted by atomic mass is 10.1. The summed E-state index contributed by atoms with van der Waals surface area (Å²) in [7, 11) is 2.15. The molecule has 1 aliphatic heterocycles. The molecule has 0 aliphatic carbocycles. The van der Waals surface area contributed by atoms with Crippen molar-refractivity contribution < 1.29 is 9.59 Å². The number of anilines is 1. The van der Waals surface area contributed by atoms with Gasteiger partial charge in [0.1, 0.15) is 5.69 Å². The van der Waals surface area contributed by atoms with Gasteiger partial charge in [-0.05, 0) is 63.2 Å². The molecule has 0 spiro atoms. The fourth-order valence-electron chi connectivity index (χ4n) is 4.34. The number of aryl methyl sites for hydroxylation is 1. The van der Waals surface area contributed by atoms with E-state index in [9.17, 15) is 9.59 Å². The monoisotopic (exact) mass is 470 g/mol. The van der Waals surface area contributed by atoms with E-state index < -0.39 is 11.8 Å². The molecule has 0 atom stereocenters. The normalized spacial score (nSPS) is 14.8. The number of carbonyl (C=O) groups excluding carboxylic acids is 2. The van der Waals surface area contributed by atoms with Gasteiger partial charge in [0.05, 0.1) is 23.3 Å².